The molecule has 1 saturated carbocycles. The molecular weight excluding hydrogens is 250 g/mol. The van der Waals surface area contributed by atoms with Crippen molar-refractivity contribution in [2.45, 2.75) is 31.8 Å². The number of carbonyl (C=O) groups is 2. The van der Waals surface area contributed by atoms with Gasteiger partial charge in [-0.3, -0.25) is 14.6 Å². The lowest BCUT2D eigenvalue weighted by Crippen LogP contribution is -2.45. The molecule has 1 atom stereocenters. The molecule has 1 aliphatic heterocycles. The normalized spacial score (nSPS) is 24.9. The van der Waals surface area contributed by atoms with E-state index in [1.807, 2.05) is 0 Å². The van der Waals surface area contributed by atoms with E-state index in [0.717, 1.165) is 17.7 Å². The minimum Gasteiger partial charge on any atom is -0.344 e. The quantitative estimate of drug-likeness (QED) is 0.878. The van der Waals surface area contributed by atoms with Gasteiger partial charge in [0.1, 0.15) is 6.04 Å². The number of hydrogen-bond acceptors (Lipinski definition) is 4. The average Bonchev–Trinajstić information content (AvgIpc) is 3.09. The van der Waals surface area contributed by atoms with Crippen molar-refractivity contribution in [3.05, 3.63) is 16.6 Å². The smallest absolute Gasteiger partial charge is 0.245 e. The number of thiazole rings is 1. The number of nitrogens with zero attached hydrogens (tertiary/aromatic N) is 2. The highest BCUT2D eigenvalue weighted by Gasteiger charge is 2.40. The number of amides is 2. The van der Waals surface area contributed by atoms with Crippen LogP contribution in [0.2, 0.25) is 0 Å². The monoisotopic (exact) mass is 265 g/mol. The Hall–Kier alpha value is -1.43. The maximum absolute atomic E-state index is 12.4. The maximum Gasteiger partial charge on any atom is 0.245 e. The van der Waals surface area contributed by atoms with Crippen LogP contribution >= 0.6 is 11.3 Å². The molecule has 96 valence electrons. The summed E-state index contributed by atoms with van der Waals surface area (Å²) in [5.41, 5.74) is 1.76. The Balaban J connectivity index is 1.75. The van der Waals surface area contributed by atoms with Crippen molar-refractivity contribution in [2.75, 3.05) is 6.54 Å². The topological polar surface area (TPSA) is 62.3 Å². The van der Waals surface area contributed by atoms with Crippen LogP contribution in [0.4, 0.5) is 0 Å². The Morgan fingerprint density at radius 3 is 2.94 bits per heavy atom. The molecule has 0 radical (unpaired) electrons. The minimum absolute atomic E-state index is 0.00736. The summed E-state index contributed by atoms with van der Waals surface area (Å²) in [4.78, 5) is 30.9. The molecule has 2 aliphatic rings. The molecule has 5 nitrogen and oxygen atoms in total. The van der Waals surface area contributed by atoms with E-state index in [1.165, 1.54) is 0 Å². The van der Waals surface area contributed by atoms with Crippen LogP contribution < -0.4 is 5.32 Å². The first kappa shape index (κ1) is 11.6. The molecule has 1 saturated heterocycles. The summed E-state index contributed by atoms with van der Waals surface area (Å²) in [5, 5.41) is 2.86. The van der Waals surface area contributed by atoms with E-state index in [-0.39, 0.29) is 17.9 Å². The Labute approximate surface area is 109 Å². The first-order valence-corrected chi connectivity index (χ1v) is 7.07. The van der Waals surface area contributed by atoms with Crippen molar-refractivity contribution in [3.8, 4) is 0 Å². The second kappa shape index (κ2) is 4.68. The third-order valence-corrected chi connectivity index (χ3v) is 4.19. The van der Waals surface area contributed by atoms with Crippen LogP contribution in [0, 0.1) is 5.92 Å². The molecule has 1 aromatic heterocycles. The van der Waals surface area contributed by atoms with E-state index in [2.05, 4.69) is 10.3 Å². The van der Waals surface area contributed by atoms with Crippen LogP contribution in [-0.4, -0.2) is 34.3 Å². The fourth-order valence-electron chi connectivity index (χ4n) is 2.27. The van der Waals surface area contributed by atoms with Gasteiger partial charge in [0.15, 0.2) is 0 Å². The zero-order valence-electron chi connectivity index (χ0n) is 9.96. The Morgan fingerprint density at radius 2 is 2.28 bits per heavy atom. The Morgan fingerprint density at radius 1 is 1.44 bits per heavy atom. The van der Waals surface area contributed by atoms with Crippen molar-refractivity contribution in [1.29, 1.82) is 0 Å². The fourth-order valence-corrected chi connectivity index (χ4v) is 2.87. The van der Waals surface area contributed by atoms with Gasteiger partial charge in [0.05, 0.1) is 12.1 Å². The molecule has 1 aromatic rings. The van der Waals surface area contributed by atoms with Gasteiger partial charge in [-0.25, -0.2) is 0 Å². The van der Waals surface area contributed by atoms with Crippen molar-refractivity contribution < 1.29 is 9.59 Å². The van der Waals surface area contributed by atoms with Gasteiger partial charge in [0.25, 0.3) is 0 Å². The number of nitrogens with one attached hydrogen (secondary N) is 1. The van der Waals surface area contributed by atoms with Gasteiger partial charge in [0, 0.05) is 24.0 Å². The summed E-state index contributed by atoms with van der Waals surface area (Å²) >= 11 is 1.54. The highest BCUT2D eigenvalue weighted by Crippen LogP contribution is 2.34. The van der Waals surface area contributed by atoms with Crippen molar-refractivity contribution in [3.63, 3.8) is 0 Å². The van der Waals surface area contributed by atoms with E-state index in [9.17, 15) is 9.59 Å². The molecule has 6 heteroatoms. The van der Waals surface area contributed by atoms with Gasteiger partial charge in [-0.2, -0.15) is 0 Å². The highest BCUT2D eigenvalue weighted by atomic mass is 32.1. The molecule has 18 heavy (non-hydrogen) atoms. The average molecular weight is 265 g/mol. The lowest BCUT2D eigenvalue weighted by molar-refractivity contribution is -0.134. The lowest BCUT2D eigenvalue weighted by atomic mass is 10.1. The van der Waals surface area contributed by atoms with Gasteiger partial charge in [-0.1, -0.05) is 0 Å². The summed E-state index contributed by atoms with van der Waals surface area (Å²) in [5.74, 6) is 0.410. The molecule has 0 aromatic carbocycles. The predicted molar refractivity (Wildman–Crippen MR) is 66.8 cm³/mol. The molecule has 1 aliphatic carbocycles. The second-order valence-electron chi connectivity index (χ2n) is 4.86. The molecule has 3 rings (SSSR count). The molecule has 1 N–H and O–H groups in total. The van der Waals surface area contributed by atoms with E-state index < -0.39 is 0 Å². The van der Waals surface area contributed by atoms with Gasteiger partial charge >= 0.3 is 0 Å². The standard InChI is InChI=1S/C12H15N3O2S/c16-10-3-4-15(6-9-5-13-7-18-9)12(17)11(14-10)8-1-2-8/h5,7-8,11H,1-4,6H2,(H,14,16). The molecule has 0 bridgehead atoms. The summed E-state index contributed by atoms with van der Waals surface area (Å²) in [7, 11) is 0. The first-order chi connectivity index (χ1) is 8.74. The van der Waals surface area contributed by atoms with Gasteiger partial charge < -0.3 is 10.2 Å². The van der Waals surface area contributed by atoms with Gasteiger partial charge in [-0.05, 0) is 18.8 Å². The zero-order chi connectivity index (χ0) is 12.5. The SMILES string of the molecule is O=C1CCN(Cc2cncs2)C(=O)C(C2CC2)N1. The van der Waals surface area contributed by atoms with Crippen LogP contribution in [0.1, 0.15) is 24.1 Å². The predicted octanol–water partition coefficient (Wildman–Crippen LogP) is 0.770. The number of aromatic nitrogens is 1. The summed E-state index contributed by atoms with van der Waals surface area (Å²) < 4.78 is 0. The maximum atomic E-state index is 12.4. The summed E-state index contributed by atoms with van der Waals surface area (Å²) in [6.07, 6.45) is 4.27. The molecule has 1 unspecified atom stereocenters. The van der Waals surface area contributed by atoms with Gasteiger partial charge in [-0.15, -0.1) is 11.3 Å². The van der Waals surface area contributed by atoms with Crippen LogP contribution in [0.3, 0.4) is 0 Å². The van der Waals surface area contributed by atoms with Gasteiger partial charge in [0.2, 0.25) is 11.8 Å². The molecule has 2 fully saturated rings. The van der Waals surface area contributed by atoms with Crippen LogP contribution in [0.15, 0.2) is 11.7 Å². The molecule has 2 amide bonds. The fraction of sp³-hybridized carbons (Fsp3) is 0.583. The largest absolute Gasteiger partial charge is 0.344 e. The number of rotatable bonds is 3. The first-order valence-electron chi connectivity index (χ1n) is 6.19. The number of carbonyl (C=O) groups excluding carboxylic acids is 2. The van der Waals surface area contributed by atoms with E-state index in [1.54, 1.807) is 27.9 Å². The molecule has 2 heterocycles. The zero-order valence-corrected chi connectivity index (χ0v) is 10.8. The molecular formula is C12H15N3O2S. The van der Waals surface area contributed by atoms with E-state index in [4.69, 9.17) is 0 Å². The van der Waals surface area contributed by atoms with Crippen LogP contribution in [0.25, 0.3) is 0 Å². The minimum atomic E-state index is -0.298. The van der Waals surface area contributed by atoms with E-state index >= 15 is 0 Å². The summed E-state index contributed by atoms with van der Waals surface area (Å²) in [6, 6.07) is -0.298. The van der Waals surface area contributed by atoms with Crippen molar-refractivity contribution >= 4 is 23.2 Å². The Bertz CT molecular complexity index is 456. The van der Waals surface area contributed by atoms with Crippen LogP contribution in [-0.2, 0) is 16.1 Å². The second-order valence-corrected chi connectivity index (χ2v) is 5.83. The summed E-state index contributed by atoms with van der Waals surface area (Å²) in [6.45, 7) is 1.08. The molecule has 0 spiro atoms. The van der Waals surface area contributed by atoms with Crippen molar-refractivity contribution in [2.24, 2.45) is 5.92 Å². The third-order valence-electron chi connectivity index (χ3n) is 3.43. The third kappa shape index (κ3) is 2.38. The Kier molecular flexibility index (Phi) is 3.03. The number of hydrogen-bond donors (Lipinski definition) is 1. The van der Waals surface area contributed by atoms with Crippen molar-refractivity contribution in [1.82, 2.24) is 15.2 Å². The van der Waals surface area contributed by atoms with Crippen LogP contribution in [0.5, 0.6) is 0 Å². The highest BCUT2D eigenvalue weighted by molar-refractivity contribution is 7.09. The lowest BCUT2D eigenvalue weighted by Gasteiger charge is -2.23. The van der Waals surface area contributed by atoms with E-state index in [0.29, 0.717) is 25.4 Å².